The van der Waals surface area contributed by atoms with Crippen LogP contribution in [-0.2, 0) is 0 Å². The minimum Gasteiger partial charge on any atom is -0.305 e. The summed E-state index contributed by atoms with van der Waals surface area (Å²) in [6, 6.07) is 1.89. The number of amidine groups is 1. The number of nitrogens with zero attached hydrogens (tertiary/aromatic N) is 2. The Morgan fingerprint density at radius 3 is 3.06 bits per heavy atom. The number of hydrogen-bond acceptors (Lipinski definition) is 5. The first-order valence-corrected chi connectivity index (χ1v) is 7.72. The van der Waals surface area contributed by atoms with Gasteiger partial charge in [-0.05, 0) is 30.9 Å². The fourth-order valence-corrected chi connectivity index (χ4v) is 4.19. The van der Waals surface area contributed by atoms with Crippen LogP contribution in [0.1, 0.15) is 25.7 Å². The largest absolute Gasteiger partial charge is 0.305 e. The van der Waals surface area contributed by atoms with Gasteiger partial charge in [0.15, 0.2) is 11.0 Å². The molecule has 1 N–H and O–H groups in total. The van der Waals surface area contributed by atoms with Crippen molar-refractivity contribution >= 4 is 46.3 Å². The standard InChI is InChI=1S/C11H12ClN3S2/c12-7-5-9-10(13-6-7)14-11(15-17-9)16-8-3-1-2-4-8/h5-6,8H,1-4H2,(H,13,14,15). The van der Waals surface area contributed by atoms with Crippen LogP contribution in [0.2, 0.25) is 5.02 Å². The van der Waals surface area contributed by atoms with Gasteiger partial charge in [-0.2, -0.15) is 0 Å². The van der Waals surface area contributed by atoms with Gasteiger partial charge in [0, 0.05) is 11.4 Å². The number of thioether (sulfide) groups is 1. The molecule has 0 atom stereocenters. The summed E-state index contributed by atoms with van der Waals surface area (Å²) >= 11 is 9.28. The van der Waals surface area contributed by atoms with Crippen molar-refractivity contribution in [3.05, 3.63) is 17.3 Å². The molecule has 0 aromatic carbocycles. The van der Waals surface area contributed by atoms with Gasteiger partial charge in [0.1, 0.15) is 0 Å². The maximum absolute atomic E-state index is 5.89. The quantitative estimate of drug-likeness (QED) is 0.791. The smallest absolute Gasteiger partial charge is 0.174 e. The molecule has 1 aliphatic heterocycles. The van der Waals surface area contributed by atoms with E-state index in [-0.39, 0.29) is 0 Å². The van der Waals surface area contributed by atoms with Gasteiger partial charge in [-0.25, -0.2) is 9.98 Å². The molecular weight excluding hydrogens is 274 g/mol. The van der Waals surface area contributed by atoms with Crippen molar-refractivity contribution in [3.8, 4) is 0 Å². The zero-order chi connectivity index (χ0) is 11.7. The average molecular weight is 286 g/mol. The summed E-state index contributed by atoms with van der Waals surface area (Å²) in [5.74, 6) is 0.777. The number of aliphatic imine (C=N–C) groups is 1. The first kappa shape index (κ1) is 11.7. The molecule has 3 nitrogen and oxygen atoms in total. The number of rotatable bonds is 1. The Kier molecular flexibility index (Phi) is 3.49. The maximum Gasteiger partial charge on any atom is 0.174 e. The Morgan fingerprint density at radius 2 is 2.24 bits per heavy atom. The van der Waals surface area contributed by atoms with E-state index >= 15 is 0 Å². The summed E-state index contributed by atoms with van der Waals surface area (Å²) in [5, 5.41) is 2.35. The van der Waals surface area contributed by atoms with Crippen molar-refractivity contribution in [2.24, 2.45) is 4.99 Å². The van der Waals surface area contributed by atoms with Crippen LogP contribution in [0.3, 0.4) is 0 Å². The highest BCUT2D eigenvalue weighted by Gasteiger charge is 2.21. The Balaban J connectivity index is 1.77. The summed E-state index contributed by atoms with van der Waals surface area (Å²) in [6.45, 7) is 0. The molecule has 0 bridgehead atoms. The number of hydrogen-bond donors (Lipinski definition) is 1. The third kappa shape index (κ3) is 2.72. The second-order valence-corrected chi connectivity index (χ2v) is 6.69. The Morgan fingerprint density at radius 1 is 1.41 bits per heavy atom. The second-order valence-electron chi connectivity index (χ2n) is 4.12. The summed E-state index contributed by atoms with van der Waals surface area (Å²) in [6.07, 6.45) is 6.95. The number of nitrogens with one attached hydrogen (secondary N) is 1. The zero-order valence-corrected chi connectivity index (χ0v) is 11.5. The zero-order valence-electron chi connectivity index (χ0n) is 9.15. The molecule has 0 unspecified atom stereocenters. The van der Waals surface area contributed by atoms with Crippen molar-refractivity contribution in [3.63, 3.8) is 0 Å². The second kappa shape index (κ2) is 5.08. The van der Waals surface area contributed by atoms with Gasteiger partial charge < -0.3 is 4.72 Å². The minimum absolute atomic E-state index is 0.653. The van der Waals surface area contributed by atoms with Crippen LogP contribution in [0.15, 0.2) is 22.2 Å². The lowest BCUT2D eigenvalue weighted by Crippen LogP contribution is -2.18. The molecule has 17 heavy (non-hydrogen) atoms. The van der Waals surface area contributed by atoms with Crippen molar-refractivity contribution in [2.75, 3.05) is 0 Å². The monoisotopic (exact) mass is 285 g/mol. The van der Waals surface area contributed by atoms with Crippen molar-refractivity contribution in [1.29, 1.82) is 0 Å². The third-order valence-corrected chi connectivity index (χ3v) is 5.21. The first-order chi connectivity index (χ1) is 8.31. The molecule has 0 spiro atoms. The van der Waals surface area contributed by atoms with E-state index in [0.29, 0.717) is 5.02 Å². The van der Waals surface area contributed by atoms with Gasteiger partial charge in [-0.1, -0.05) is 36.2 Å². The molecule has 0 amide bonds. The van der Waals surface area contributed by atoms with E-state index in [4.69, 9.17) is 11.6 Å². The molecule has 3 rings (SSSR count). The van der Waals surface area contributed by atoms with Gasteiger partial charge in [0.05, 0.1) is 9.92 Å². The highest BCUT2D eigenvalue weighted by atomic mass is 35.5. The fourth-order valence-electron chi connectivity index (χ4n) is 2.00. The van der Waals surface area contributed by atoms with Crippen LogP contribution in [0.4, 0.5) is 5.82 Å². The lowest BCUT2D eigenvalue weighted by atomic mass is 10.4. The van der Waals surface area contributed by atoms with Crippen LogP contribution >= 0.6 is 35.3 Å². The van der Waals surface area contributed by atoms with E-state index in [9.17, 15) is 0 Å². The molecular formula is C11H12ClN3S2. The first-order valence-electron chi connectivity index (χ1n) is 5.65. The van der Waals surface area contributed by atoms with Gasteiger partial charge in [-0.3, -0.25) is 0 Å². The summed E-state index contributed by atoms with van der Waals surface area (Å²) in [5.41, 5.74) is 0. The highest BCUT2D eigenvalue weighted by molar-refractivity contribution is 8.16. The maximum atomic E-state index is 5.89. The Hall–Kier alpha value is -0.390. The summed E-state index contributed by atoms with van der Waals surface area (Å²) in [4.78, 5) is 9.77. The van der Waals surface area contributed by atoms with Gasteiger partial charge in [-0.15, -0.1) is 0 Å². The minimum atomic E-state index is 0.653. The molecule has 2 aliphatic rings. The molecule has 1 saturated carbocycles. The Bertz CT molecular complexity index is 458. The predicted octanol–water partition coefficient (Wildman–Crippen LogP) is 4.01. The predicted molar refractivity (Wildman–Crippen MR) is 75.2 cm³/mol. The molecule has 1 aromatic heterocycles. The molecule has 0 saturated heterocycles. The SMILES string of the molecule is Clc1cnc2c(c1)SNC(SC1CCCC1)=N2. The van der Waals surface area contributed by atoms with Gasteiger partial charge in [0.25, 0.3) is 0 Å². The average Bonchev–Trinajstić information content (AvgIpc) is 2.82. The molecule has 1 aromatic rings. The van der Waals surface area contributed by atoms with E-state index < -0.39 is 0 Å². The number of aromatic nitrogens is 1. The third-order valence-electron chi connectivity index (χ3n) is 2.84. The van der Waals surface area contributed by atoms with Crippen LogP contribution in [0.5, 0.6) is 0 Å². The normalized spacial score (nSPS) is 19.7. The van der Waals surface area contributed by atoms with Gasteiger partial charge in [0.2, 0.25) is 0 Å². The number of pyridine rings is 1. The van der Waals surface area contributed by atoms with Crippen molar-refractivity contribution < 1.29 is 0 Å². The molecule has 0 radical (unpaired) electrons. The number of fused-ring (bicyclic) bond motifs is 1. The van der Waals surface area contributed by atoms with E-state index in [0.717, 1.165) is 21.1 Å². The van der Waals surface area contributed by atoms with Crippen molar-refractivity contribution in [2.45, 2.75) is 35.8 Å². The van der Waals surface area contributed by atoms with Crippen molar-refractivity contribution in [1.82, 2.24) is 9.71 Å². The van der Waals surface area contributed by atoms with E-state index in [2.05, 4.69) is 14.7 Å². The van der Waals surface area contributed by atoms with Crippen LogP contribution in [-0.4, -0.2) is 15.4 Å². The fraction of sp³-hybridized carbons (Fsp3) is 0.455. The lowest BCUT2D eigenvalue weighted by molar-refractivity contribution is 0.886. The lowest BCUT2D eigenvalue weighted by Gasteiger charge is -2.17. The van der Waals surface area contributed by atoms with Gasteiger partial charge >= 0.3 is 0 Å². The molecule has 2 heterocycles. The number of halogens is 1. The summed E-state index contributed by atoms with van der Waals surface area (Å²) < 4.78 is 3.26. The topological polar surface area (TPSA) is 37.3 Å². The van der Waals surface area contributed by atoms with Crippen LogP contribution in [0.25, 0.3) is 0 Å². The van der Waals surface area contributed by atoms with E-state index in [1.807, 2.05) is 17.8 Å². The van der Waals surface area contributed by atoms with Crippen LogP contribution < -0.4 is 4.72 Å². The van der Waals surface area contributed by atoms with E-state index in [1.165, 1.54) is 25.7 Å². The molecule has 1 aliphatic carbocycles. The Labute approximate surface area is 114 Å². The molecule has 90 valence electrons. The van der Waals surface area contributed by atoms with E-state index in [1.54, 1.807) is 18.1 Å². The molecule has 1 fully saturated rings. The summed E-state index contributed by atoms with van der Waals surface area (Å²) in [7, 11) is 0. The molecule has 6 heteroatoms. The van der Waals surface area contributed by atoms with Crippen LogP contribution in [0, 0.1) is 0 Å². The highest BCUT2D eigenvalue weighted by Crippen LogP contribution is 2.36.